The van der Waals surface area contributed by atoms with Gasteiger partial charge < -0.3 is 4.65 Å². The van der Waals surface area contributed by atoms with Gasteiger partial charge in [0.2, 0.25) is 0 Å². The van der Waals surface area contributed by atoms with Gasteiger partial charge in [-0.15, -0.1) is 0 Å². The van der Waals surface area contributed by atoms with Crippen LogP contribution in [0.5, 0.6) is 0 Å². The lowest BCUT2D eigenvalue weighted by Crippen LogP contribution is -2.58. The van der Waals surface area contributed by atoms with Gasteiger partial charge in [-0.2, -0.15) is 0 Å². The lowest BCUT2D eigenvalue weighted by molar-refractivity contribution is 0.537. The van der Waals surface area contributed by atoms with Gasteiger partial charge in [0.1, 0.15) is 16.5 Å². The molecule has 0 aromatic rings. The molecule has 0 radical (unpaired) electrons. The lowest BCUT2D eigenvalue weighted by Gasteiger charge is -2.35. The van der Waals surface area contributed by atoms with Crippen molar-refractivity contribution in [3.8, 4) is 0 Å². The minimum Gasteiger partial charge on any atom is -0.359 e. The van der Waals surface area contributed by atoms with E-state index in [9.17, 15) is 0 Å². The normalized spacial score (nSPS) is 12.5. The maximum Gasteiger partial charge on any atom is 0.112 e. The molecule has 1 N–H and O–H groups in total. The maximum absolute atomic E-state index is 4.30. The first-order valence-electron chi connectivity index (χ1n) is 18.6. The third kappa shape index (κ3) is 31.2. The molecule has 0 aromatic heterocycles. The minimum absolute atomic E-state index is 1.24. The van der Waals surface area contributed by atoms with Crippen molar-refractivity contribution in [3.63, 3.8) is 0 Å². The van der Waals surface area contributed by atoms with E-state index in [0.717, 1.165) is 0 Å². The largest absolute Gasteiger partial charge is 0.359 e. The SMILES string of the molecule is CCCCCCCCCCCCCCCC[Si](C)(C)N[Si](C)(C)CCCCCCCCCCCCCCCC. The van der Waals surface area contributed by atoms with Crippen LogP contribution in [0.25, 0.3) is 0 Å². The quantitative estimate of drug-likeness (QED) is 0.0615. The van der Waals surface area contributed by atoms with Gasteiger partial charge in [0.15, 0.2) is 0 Å². The second kappa shape index (κ2) is 28.5. The van der Waals surface area contributed by atoms with Crippen LogP contribution in [-0.2, 0) is 0 Å². The number of rotatable bonds is 32. The van der Waals surface area contributed by atoms with Crippen molar-refractivity contribution in [1.82, 2.24) is 4.65 Å². The molecule has 0 rings (SSSR count). The van der Waals surface area contributed by atoms with Crippen molar-refractivity contribution in [2.45, 2.75) is 232 Å². The minimum atomic E-state index is -1.24. The summed E-state index contributed by atoms with van der Waals surface area (Å²) in [5.74, 6) is 0. The van der Waals surface area contributed by atoms with Crippen LogP contribution >= 0.6 is 0 Å². The van der Waals surface area contributed by atoms with Gasteiger partial charge in [0.25, 0.3) is 0 Å². The van der Waals surface area contributed by atoms with Gasteiger partial charge in [-0.1, -0.05) is 220 Å². The van der Waals surface area contributed by atoms with E-state index in [2.05, 4.69) is 44.7 Å². The predicted octanol–water partition coefficient (Wildman–Crippen LogP) is 13.9. The highest BCUT2D eigenvalue weighted by Crippen LogP contribution is 2.21. The fourth-order valence-corrected chi connectivity index (χ4v) is 17.2. The molecule has 0 aromatic carbocycles. The van der Waals surface area contributed by atoms with E-state index in [1.54, 1.807) is 0 Å². The predicted molar refractivity (Wildman–Crippen MR) is 188 cm³/mol. The highest BCUT2D eigenvalue weighted by atomic mass is 28.4. The molecule has 0 amide bonds. The van der Waals surface area contributed by atoms with Gasteiger partial charge in [0.05, 0.1) is 0 Å². The van der Waals surface area contributed by atoms with E-state index in [1.165, 1.54) is 192 Å². The molecule has 0 fully saturated rings. The number of nitrogens with one attached hydrogen (secondary N) is 1. The fraction of sp³-hybridized carbons (Fsp3) is 1.00. The van der Waals surface area contributed by atoms with Crippen LogP contribution in [0.2, 0.25) is 38.3 Å². The first-order chi connectivity index (χ1) is 18.8. The van der Waals surface area contributed by atoms with Gasteiger partial charge in [-0.3, -0.25) is 0 Å². The Balaban J connectivity index is 3.55. The molecule has 0 bridgehead atoms. The summed E-state index contributed by atoms with van der Waals surface area (Å²) in [5, 5.41) is 0. The van der Waals surface area contributed by atoms with E-state index in [1.807, 2.05) is 0 Å². The molecule has 1 nitrogen and oxygen atoms in total. The van der Waals surface area contributed by atoms with E-state index in [0.29, 0.717) is 0 Å². The molecule has 0 aliphatic carbocycles. The molecule has 0 saturated carbocycles. The van der Waals surface area contributed by atoms with Crippen molar-refractivity contribution in [3.05, 3.63) is 0 Å². The first-order valence-corrected chi connectivity index (χ1v) is 25.0. The Kier molecular flexibility index (Phi) is 28.8. The third-order valence-electron chi connectivity index (χ3n) is 8.99. The molecule has 39 heavy (non-hydrogen) atoms. The average Bonchev–Trinajstić information content (AvgIpc) is 2.88. The van der Waals surface area contributed by atoms with Crippen molar-refractivity contribution in [2.75, 3.05) is 0 Å². The molecule has 0 heterocycles. The zero-order valence-electron chi connectivity index (χ0n) is 28.7. The van der Waals surface area contributed by atoms with Gasteiger partial charge in [-0.25, -0.2) is 0 Å². The number of unbranched alkanes of at least 4 members (excludes halogenated alkanes) is 26. The van der Waals surface area contributed by atoms with Gasteiger partial charge in [0, 0.05) is 0 Å². The van der Waals surface area contributed by atoms with Crippen LogP contribution in [0.15, 0.2) is 0 Å². The average molecular weight is 582 g/mol. The van der Waals surface area contributed by atoms with Gasteiger partial charge >= 0.3 is 0 Å². The number of hydrogen-bond donors (Lipinski definition) is 1. The van der Waals surface area contributed by atoms with E-state index >= 15 is 0 Å². The van der Waals surface area contributed by atoms with Crippen molar-refractivity contribution >= 4 is 16.5 Å². The molecule has 3 heteroatoms. The van der Waals surface area contributed by atoms with Crippen LogP contribution in [0.3, 0.4) is 0 Å². The van der Waals surface area contributed by atoms with Gasteiger partial charge in [-0.05, 0) is 12.1 Å². The molecule has 236 valence electrons. The maximum atomic E-state index is 4.30. The van der Waals surface area contributed by atoms with E-state index < -0.39 is 16.5 Å². The summed E-state index contributed by atoms with van der Waals surface area (Å²) >= 11 is 0. The summed E-state index contributed by atoms with van der Waals surface area (Å²) < 4.78 is 4.30. The Bertz CT molecular complexity index is 435. The van der Waals surface area contributed by atoms with Crippen LogP contribution in [0, 0.1) is 0 Å². The summed E-state index contributed by atoms with van der Waals surface area (Å²) in [6.07, 6.45) is 41.0. The summed E-state index contributed by atoms with van der Waals surface area (Å²) in [6.45, 7) is 15.0. The Morgan fingerprint density at radius 3 is 0.667 bits per heavy atom. The second-order valence-corrected chi connectivity index (χ2v) is 24.1. The summed E-state index contributed by atoms with van der Waals surface area (Å²) in [4.78, 5) is 0. The lowest BCUT2D eigenvalue weighted by atomic mass is 10.0. The summed E-state index contributed by atoms with van der Waals surface area (Å²) in [6, 6.07) is 2.97. The molecule has 0 aliphatic rings. The standard InChI is InChI=1S/C36H79NSi2/c1-7-9-11-13-15-17-19-21-23-25-27-29-31-33-35-38(3,4)37-39(5,6)36-34-32-30-28-26-24-22-20-18-16-14-12-10-8-2/h37H,7-36H2,1-6H3. The van der Waals surface area contributed by atoms with Crippen molar-refractivity contribution < 1.29 is 0 Å². The highest BCUT2D eigenvalue weighted by Gasteiger charge is 2.30. The Labute approximate surface area is 252 Å². The molecule has 0 unspecified atom stereocenters. The number of hydrogen-bond acceptors (Lipinski definition) is 1. The molecular formula is C36H79NSi2. The van der Waals surface area contributed by atoms with Crippen LogP contribution in [0.1, 0.15) is 194 Å². The van der Waals surface area contributed by atoms with Crippen LogP contribution in [0.4, 0.5) is 0 Å². The monoisotopic (exact) mass is 582 g/mol. The van der Waals surface area contributed by atoms with E-state index in [4.69, 9.17) is 0 Å². The van der Waals surface area contributed by atoms with Crippen molar-refractivity contribution in [2.24, 2.45) is 0 Å². The summed E-state index contributed by atoms with van der Waals surface area (Å²) in [5.41, 5.74) is 0. The zero-order valence-corrected chi connectivity index (χ0v) is 30.7. The Morgan fingerprint density at radius 1 is 0.282 bits per heavy atom. The third-order valence-corrected chi connectivity index (χ3v) is 17.6. The fourth-order valence-electron chi connectivity index (χ4n) is 6.56. The van der Waals surface area contributed by atoms with Crippen LogP contribution in [-0.4, -0.2) is 16.5 Å². The highest BCUT2D eigenvalue weighted by molar-refractivity contribution is 6.91. The van der Waals surface area contributed by atoms with Crippen LogP contribution < -0.4 is 4.65 Å². The van der Waals surface area contributed by atoms with E-state index in [-0.39, 0.29) is 0 Å². The summed E-state index contributed by atoms with van der Waals surface area (Å²) in [7, 11) is -2.47. The molecule has 0 saturated heterocycles. The Morgan fingerprint density at radius 2 is 0.462 bits per heavy atom. The molecule has 0 spiro atoms. The van der Waals surface area contributed by atoms with Crippen molar-refractivity contribution in [1.29, 1.82) is 0 Å². The molecule has 0 aliphatic heterocycles. The smallest absolute Gasteiger partial charge is 0.112 e. The zero-order chi connectivity index (χ0) is 28.9. The Hall–Kier alpha value is 0.394. The molecule has 0 atom stereocenters. The molecular weight excluding hydrogens is 503 g/mol. The second-order valence-electron chi connectivity index (χ2n) is 14.6. The first kappa shape index (κ1) is 39.4. The topological polar surface area (TPSA) is 12.0 Å².